The number of imidazole rings is 1. The number of aromatic nitrogens is 3. The Kier molecular flexibility index (Phi) is 4.74. The summed E-state index contributed by atoms with van der Waals surface area (Å²) in [5.41, 5.74) is 5.25. The van der Waals surface area contributed by atoms with Gasteiger partial charge in [-0.25, -0.2) is 13.4 Å². The molecule has 8 heteroatoms. The maximum absolute atomic E-state index is 13.2. The molecule has 7 nitrogen and oxygen atoms in total. The number of aryl methyl sites for hydroxylation is 2. The van der Waals surface area contributed by atoms with Crippen LogP contribution in [0, 0.1) is 19.8 Å². The van der Waals surface area contributed by atoms with E-state index in [9.17, 15) is 13.2 Å². The number of fused-ring (bicyclic) bond motifs is 1. The predicted octanol–water partition coefficient (Wildman–Crippen LogP) is 3.91. The number of nitrogens with one attached hydrogen (secondary N) is 1. The fraction of sp³-hybridized carbons (Fsp3) is 0.375. The van der Waals surface area contributed by atoms with Crippen LogP contribution in [0.15, 0.2) is 35.4 Å². The van der Waals surface area contributed by atoms with E-state index in [-0.39, 0.29) is 16.8 Å². The number of H-pyrrole nitrogens is 1. The van der Waals surface area contributed by atoms with Crippen molar-refractivity contribution in [3.63, 3.8) is 0 Å². The van der Waals surface area contributed by atoms with Gasteiger partial charge in [0.2, 0.25) is 0 Å². The molecule has 0 bridgehead atoms. The van der Waals surface area contributed by atoms with E-state index in [0.29, 0.717) is 29.5 Å². The molecule has 32 heavy (non-hydrogen) atoms. The van der Waals surface area contributed by atoms with Crippen molar-refractivity contribution < 1.29 is 13.2 Å². The Balaban J connectivity index is 1.61. The Morgan fingerprint density at radius 2 is 1.91 bits per heavy atom. The molecule has 2 aliphatic rings. The summed E-state index contributed by atoms with van der Waals surface area (Å²) in [4.78, 5) is 27.3. The smallest absolute Gasteiger partial charge is 0.256 e. The van der Waals surface area contributed by atoms with Gasteiger partial charge in [-0.05, 0) is 80.5 Å². The van der Waals surface area contributed by atoms with Crippen LogP contribution in [0.3, 0.4) is 0 Å². The first-order valence-corrected chi connectivity index (χ1v) is 12.7. The average molecular weight is 451 g/mol. The van der Waals surface area contributed by atoms with Crippen molar-refractivity contribution in [1.29, 1.82) is 0 Å². The van der Waals surface area contributed by atoms with Crippen LogP contribution in [0.5, 0.6) is 0 Å². The highest BCUT2D eigenvalue weighted by Crippen LogP contribution is 2.41. The number of sulfone groups is 1. The topological polar surface area (TPSA) is 96.0 Å². The number of aromatic amines is 1. The number of benzene rings is 1. The van der Waals surface area contributed by atoms with E-state index in [2.05, 4.69) is 21.9 Å². The number of nitrogens with zero attached hydrogens (tertiary/aromatic N) is 3. The second kappa shape index (κ2) is 7.27. The first kappa shape index (κ1) is 20.9. The maximum atomic E-state index is 13.2. The Morgan fingerprint density at radius 1 is 1.16 bits per heavy atom. The molecule has 0 radical (unpaired) electrons. The Morgan fingerprint density at radius 3 is 2.53 bits per heavy atom. The summed E-state index contributed by atoms with van der Waals surface area (Å²) in [6, 6.07) is 7.42. The summed E-state index contributed by atoms with van der Waals surface area (Å²) in [5.74, 6) is 1.01. The zero-order valence-electron chi connectivity index (χ0n) is 18.6. The van der Waals surface area contributed by atoms with Gasteiger partial charge in [-0.3, -0.25) is 9.78 Å². The molecule has 1 saturated carbocycles. The van der Waals surface area contributed by atoms with Crippen LogP contribution in [0.2, 0.25) is 0 Å². The number of rotatable bonds is 5. The molecule has 1 N–H and O–H groups in total. The quantitative estimate of drug-likeness (QED) is 0.636. The highest BCUT2D eigenvalue weighted by molar-refractivity contribution is 7.90. The molecule has 0 spiro atoms. The maximum Gasteiger partial charge on any atom is 0.256 e. The van der Waals surface area contributed by atoms with E-state index >= 15 is 0 Å². The van der Waals surface area contributed by atoms with E-state index in [1.807, 2.05) is 36.9 Å². The van der Waals surface area contributed by atoms with Gasteiger partial charge < -0.3 is 9.88 Å². The number of amides is 1. The SMILES string of the molecule is Cc1nc(-c2cc(-c3cc4c(c(S(C)(=O)=O)c3)C(=O)N(C(C)C3CC3)C4)ccn2)[nH]c1C. The number of carbonyl (C=O) groups is 1. The minimum absolute atomic E-state index is 0.101. The summed E-state index contributed by atoms with van der Waals surface area (Å²) >= 11 is 0. The second-order valence-electron chi connectivity index (χ2n) is 9.02. The van der Waals surface area contributed by atoms with Crippen molar-refractivity contribution in [2.75, 3.05) is 6.26 Å². The largest absolute Gasteiger partial charge is 0.341 e. The van der Waals surface area contributed by atoms with Crippen LogP contribution in [-0.4, -0.2) is 46.5 Å². The number of hydrogen-bond donors (Lipinski definition) is 1. The zero-order valence-corrected chi connectivity index (χ0v) is 19.5. The first-order valence-electron chi connectivity index (χ1n) is 10.8. The Labute approximate surface area is 187 Å². The molecule has 5 rings (SSSR count). The van der Waals surface area contributed by atoms with Crippen LogP contribution in [0.4, 0.5) is 0 Å². The van der Waals surface area contributed by atoms with Crippen molar-refractivity contribution in [3.05, 3.63) is 53.0 Å². The third-order valence-electron chi connectivity index (χ3n) is 6.66. The van der Waals surface area contributed by atoms with Gasteiger partial charge in [0.25, 0.3) is 5.91 Å². The molecule has 1 aliphatic heterocycles. The normalized spacial score (nSPS) is 17.0. The molecule has 2 aromatic heterocycles. The third-order valence-corrected chi connectivity index (χ3v) is 7.78. The zero-order chi connectivity index (χ0) is 22.8. The van der Waals surface area contributed by atoms with Gasteiger partial charge in [0.1, 0.15) is 5.69 Å². The number of hydrogen-bond acceptors (Lipinski definition) is 5. The second-order valence-corrected chi connectivity index (χ2v) is 11.0. The molecule has 3 aromatic rings. The van der Waals surface area contributed by atoms with Crippen LogP contribution in [-0.2, 0) is 16.4 Å². The van der Waals surface area contributed by atoms with Gasteiger partial charge in [-0.2, -0.15) is 0 Å². The number of pyridine rings is 1. The summed E-state index contributed by atoms with van der Waals surface area (Å²) in [6.07, 6.45) is 5.10. The summed E-state index contributed by atoms with van der Waals surface area (Å²) < 4.78 is 25.3. The lowest BCUT2D eigenvalue weighted by Gasteiger charge is -2.24. The van der Waals surface area contributed by atoms with E-state index in [4.69, 9.17) is 0 Å². The molecule has 1 fully saturated rings. The van der Waals surface area contributed by atoms with Crippen molar-refractivity contribution in [1.82, 2.24) is 19.9 Å². The fourth-order valence-corrected chi connectivity index (χ4v) is 5.40. The van der Waals surface area contributed by atoms with Crippen molar-refractivity contribution >= 4 is 15.7 Å². The molecule has 1 amide bonds. The summed E-state index contributed by atoms with van der Waals surface area (Å²) in [7, 11) is -3.59. The lowest BCUT2D eigenvalue weighted by atomic mass is 10.0. The number of carbonyl (C=O) groups excluding carboxylic acids is 1. The molecular weight excluding hydrogens is 424 g/mol. The van der Waals surface area contributed by atoms with E-state index in [1.54, 1.807) is 12.3 Å². The lowest BCUT2D eigenvalue weighted by molar-refractivity contribution is 0.0694. The molecule has 1 atom stereocenters. The van der Waals surface area contributed by atoms with Gasteiger partial charge in [0, 0.05) is 30.7 Å². The lowest BCUT2D eigenvalue weighted by Crippen LogP contribution is -2.35. The van der Waals surface area contributed by atoms with E-state index in [1.165, 1.54) is 6.26 Å². The molecule has 1 aliphatic carbocycles. The van der Waals surface area contributed by atoms with Gasteiger partial charge in [0.05, 0.1) is 16.2 Å². The van der Waals surface area contributed by atoms with Gasteiger partial charge in [0.15, 0.2) is 15.7 Å². The van der Waals surface area contributed by atoms with Crippen molar-refractivity contribution in [2.45, 2.75) is 51.1 Å². The van der Waals surface area contributed by atoms with E-state index < -0.39 is 9.84 Å². The standard InChI is InChI=1S/C24H26N4O3S/c1-13-14(2)27-23(26-13)20-10-17(7-8-25-20)18-9-19-12-28(15(3)16-5-6-16)24(29)22(19)21(11-18)32(4,30)31/h7-11,15-16H,5-6,12H2,1-4H3,(H,26,27). The monoisotopic (exact) mass is 450 g/mol. The van der Waals surface area contributed by atoms with Crippen molar-refractivity contribution in [2.24, 2.45) is 5.92 Å². The Hall–Kier alpha value is -3.00. The summed E-state index contributed by atoms with van der Waals surface area (Å²) in [6.45, 7) is 6.39. The average Bonchev–Trinajstić information content (AvgIpc) is 3.48. The van der Waals surface area contributed by atoms with Crippen molar-refractivity contribution in [3.8, 4) is 22.6 Å². The van der Waals surface area contributed by atoms with Crippen LogP contribution in [0.1, 0.15) is 47.1 Å². The van der Waals surface area contributed by atoms with Crippen LogP contribution in [0.25, 0.3) is 22.6 Å². The minimum Gasteiger partial charge on any atom is -0.341 e. The highest BCUT2D eigenvalue weighted by Gasteiger charge is 2.40. The van der Waals surface area contributed by atoms with Crippen LogP contribution >= 0.6 is 0 Å². The van der Waals surface area contributed by atoms with Crippen LogP contribution < -0.4 is 0 Å². The van der Waals surface area contributed by atoms with Gasteiger partial charge in [-0.15, -0.1) is 0 Å². The first-order chi connectivity index (χ1) is 15.1. The molecule has 1 unspecified atom stereocenters. The Bertz CT molecular complexity index is 1340. The predicted molar refractivity (Wildman–Crippen MR) is 122 cm³/mol. The van der Waals surface area contributed by atoms with Gasteiger partial charge >= 0.3 is 0 Å². The third kappa shape index (κ3) is 3.52. The van der Waals surface area contributed by atoms with E-state index in [0.717, 1.165) is 40.9 Å². The molecule has 1 aromatic carbocycles. The fourth-order valence-electron chi connectivity index (χ4n) is 4.47. The molecular formula is C24H26N4O3S. The highest BCUT2D eigenvalue weighted by atomic mass is 32.2. The molecule has 166 valence electrons. The minimum atomic E-state index is -3.59. The van der Waals surface area contributed by atoms with Gasteiger partial charge in [-0.1, -0.05) is 0 Å². The summed E-state index contributed by atoms with van der Waals surface area (Å²) in [5, 5.41) is 0. The molecule has 0 saturated heterocycles. The molecule has 3 heterocycles.